The van der Waals surface area contributed by atoms with E-state index < -0.39 is 15.0 Å². The summed E-state index contributed by atoms with van der Waals surface area (Å²) in [5.74, 6) is -0.334. The van der Waals surface area contributed by atoms with Crippen LogP contribution in [-0.2, 0) is 13.8 Å². The molecule has 0 heterocycles. The van der Waals surface area contributed by atoms with E-state index in [0.29, 0.717) is 5.56 Å². The van der Waals surface area contributed by atoms with Gasteiger partial charge < -0.3 is 4.74 Å². The number of halogens is 1. The van der Waals surface area contributed by atoms with Crippen molar-refractivity contribution >= 4 is 25.7 Å². The summed E-state index contributed by atoms with van der Waals surface area (Å²) in [6.07, 6.45) is 1.91. The van der Waals surface area contributed by atoms with E-state index in [1.807, 2.05) is 0 Å². The molecule has 0 radical (unpaired) electrons. The monoisotopic (exact) mass is 274 g/mol. The molecular weight excluding hydrogens is 264 g/mol. The minimum atomic E-state index is -3.84. The SMILES string of the molecule is COC(=O)c1ccc(C2CC2)c(S(=O)(=O)Cl)c1. The Kier molecular flexibility index (Phi) is 3.14. The summed E-state index contributed by atoms with van der Waals surface area (Å²) in [6.45, 7) is 0. The molecule has 1 aliphatic rings. The maximum atomic E-state index is 11.5. The fourth-order valence-electron chi connectivity index (χ4n) is 1.72. The lowest BCUT2D eigenvalue weighted by molar-refractivity contribution is 0.0600. The van der Waals surface area contributed by atoms with Crippen molar-refractivity contribution in [2.24, 2.45) is 0 Å². The number of carbonyl (C=O) groups excluding carboxylic acids is 1. The van der Waals surface area contributed by atoms with Crippen molar-refractivity contribution in [2.45, 2.75) is 23.7 Å². The number of hydrogen-bond acceptors (Lipinski definition) is 4. The predicted octanol–water partition coefficient (Wildman–Crippen LogP) is 2.28. The average Bonchev–Trinajstić information content (AvgIpc) is 3.10. The van der Waals surface area contributed by atoms with Crippen molar-refractivity contribution in [2.75, 3.05) is 7.11 Å². The van der Waals surface area contributed by atoms with Gasteiger partial charge in [-0.3, -0.25) is 0 Å². The molecule has 0 unspecified atom stereocenters. The van der Waals surface area contributed by atoms with Crippen LogP contribution in [0.4, 0.5) is 0 Å². The van der Waals surface area contributed by atoms with E-state index in [1.54, 1.807) is 12.1 Å². The normalized spacial score (nSPS) is 15.6. The van der Waals surface area contributed by atoms with Gasteiger partial charge in [0.05, 0.1) is 17.6 Å². The van der Waals surface area contributed by atoms with Gasteiger partial charge in [-0.15, -0.1) is 0 Å². The first-order valence-corrected chi connectivity index (χ1v) is 7.41. The molecule has 0 atom stereocenters. The molecule has 0 amide bonds. The van der Waals surface area contributed by atoms with Gasteiger partial charge in [0.1, 0.15) is 0 Å². The second-order valence-electron chi connectivity index (χ2n) is 3.96. The Balaban J connectivity index is 2.54. The largest absolute Gasteiger partial charge is 0.465 e. The molecule has 1 aliphatic carbocycles. The molecule has 92 valence electrons. The standard InChI is InChI=1S/C11H11ClO4S/c1-16-11(13)8-4-5-9(7-2-3-7)10(6-8)17(12,14)15/h4-7H,2-3H2,1H3. The minimum Gasteiger partial charge on any atom is -0.465 e. The summed E-state index contributed by atoms with van der Waals surface area (Å²) in [4.78, 5) is 11.3. The van der Waals surface area contributed by atoms with Gasteiger partial charge in [0.25, 0.3) is 9.05 Å². The molecule has 17 heavy (non-hydrogen) atoms. The summed E-state index contributed by atoms with van der Waals surface area (Å²) < 4.78 is 27.5. The van der Waals surface area contributed by atoms with E-state index in [2.05, 4.69) is 4.74 Å². The van der Waals surface area contributed by atoms with Crippen LogP contribution in [0.5, 0.6) is 0 Å². The maximum absolute atomic E-state index is 11.5. The zero-order valence-corrected chi connectivity index (χ0v) is 10.7. The minimum absolute atomic E-state index is 0.0181. The lowest BCUT2D eigenvalue weighted by atomic mass is 10.1. The Morgan fingerprint density at radius 3 is 2.53 bits per heavy atom. The zero-order chi connectivity index (χ0) is 12.6. The van der Waals surface area contributed by atoms with E-state index >= 15 is 0 Å². The van der Waals surface area contributed by atoms with Gasteiger partial charge in [-0.05, 0) is 36.5 Å². The van der Waals surface area contributed by atoms with E-state index in [1.165, 1.54) is 13.2 Å². The van der Waals surface area contributed by atoms with Gasteiger partial charge in [-0.25, -0.2) is 13.2 Å². The molecule has 0 spiro atoms. The third-order valence-electron chi connectivity index (χ3n) is 2.71. The molecule has 0 N–H and O–H groups in total. The first-order valence-electron chi connectivity index (χ1n) is 5.10. The van der Waals surface area contributed by atoms with Gasteiger partial charge in [0, 0.05) is 10.7 Å². The van der Waals surface area contributed by atoms with Crippen LogP contribution < -0.4 is 0 Å². The number of rotatable bonds is 3. The first kappa shape index (κ1) is 12.4. The zero-order valence-electron chi connectivity index (χ0n) is 9.14. The molecule has 6 heteroatoms. The van der Waals surface area contributed by atoms with Crippen molar-refractivity contribution in [1.82, 2.24) is 0 Å². The summed E-state index contributed by atoms with van der Waals surface area (Å²) in [6, 6.07) is 4.48. The lowest BCUT2D eigenvalue weighted by Gasteiger charge is -2.07. The topological polar surface area (TPSA) is 60.4 Å². The molecular formula is C11H11ClO4S. The van der Waals surface area contributed by atoms with Gasteiger partial charge >= 0.3 is 5.97 Å². The smallest absolute Gasteiger partial charge is 0.337 e. The van der Waals surface area contributed by atoms with Crippen molar-refractivity contribution in [3.8, 4) is 0 Å². The number of benzene rings is 1. The number of hydrogen-bond donors (Lipinski definition) is 0. The number of carbonyl (C=O) groups is 1. The maximum Gasteiger partial charge on any atom is 0.337 e. The van der Waals surface area contributed by atoms with Gasteiger partial charge in [0.2, 0.25) is 0 Å². The molecule has 1 aromatic rings. The fraction of sp³-hybridized carbons (Fsp3) is 0.364. The molecule has 4 nitrogen and oxygen atoms in total. The van der Waals surface area contributed by atoms with Crippen LogP contribution in [0.2, 0.25) is 0 Å². The molecule has 0 saturated heterocycles. The van der Waals surface area contributed by atoms with Crippen molar-refractivity contribution in [3.63, 3.8) is 0 Å². The van der Waals surface area contributed by atoms with Crippen molar-refractivity contribution in [3.05, 3.63) is 29.3 Å². The van der Waals surface area contributed by atoms with E-state index in [9.17, 15) is 13.2 Å². The highest BCUT2D eigenvalue weighted by Gasteiger charge is 2.30. The van der Waals surface area contributed by atoms with Crippen LogP contribution in [0.25, 0.3) is 0 Å². The van der Waals surface area contributed by atoms with Crippen LogP contribution in [0.3, 0.4) is 0 Å². The second-order valence-corrected chi connectivity index (χ2v) is 6.49. The van der Waals surface area contributed by atoms with Crippen molar-refractivity contribution in [1.29, 1.82) is 0 Å². The van der Waals surface area contributed by atoms with Gasteiger partial charge in [0.15, 0.2) is 0 Å². The van der Waals surface area contributed by atoms with E-state index in [0.717, 1.165) is 12.8 Å². The molecule has 0 aromatic heterocycles. The third-order valence-corrected chi connectivity index (χ3v) is 4.09. The molecule has 0 aliphatic heterocycles. The van der Waals surface area contributed by atoms with Crippen LogP contribution in [0, 0.1) is 0 Å². The fourth-order valence-corrected chi connectivity index (χ4v) is 2.91. The Morgan fingerprint density at radius 1 is 1.41 bits per heavy atom. The number of methoxy groups -OCH3 is 1. The van der Waals surface area contributed by atoms with Crippen LogP contribution >= 0.6 is 10.7 Å². The summed E-state index contributed by atoms with van der Waals surface area (Å²) in [5, 5.41) is 0. The Labute approximate surface area is 104 Å². The number of esters is 1. The Hall–Kier alpha value is -1.07. The lowest BCUT2D eigenvalue weighted by Crippen LogP contribution is -2.05. The van der Waals surface area contributed by atoms with Crippen LogP contribution in [0.1, 0.15) is 34.7 Å². The van der Waals surface area contributed by atoms with Crippen LogP contribution in [0.15, 0.2) is 23.1 Å². The first-order chi connectivity index (χ1) is 7.93. The average molecular weight is 275 g/mol. The summed E-state index contributed by atoms with van der Waals surface area (Å²) in [7, 11) is 2.78. The summed E-state index contributed by atoms with van der Waals surface area (Å²) in [5.41, 5.74) is 0.878. The highest BCUT2D eigenvalue weighted by Crippen LogP contribution is 2.43. The third kappa shape index (κ3) is 2.61. The highest BCUT2D eigenvalue weighted by atomic mass is 35.7. The summed E-state index contributed by atoms with van der Waals surface area (Å²) >= 11 is 0. The highest BCUT2D eigenvalue weighted by molar-refractivity contribution is 8.13. The molecule has 1 saturated carbocycles. The Bertz CT molecular complexity index is 561. The van der Waals surface area contributed by atoms with E-state index in [4.69, 9.17) is 10.7 Å². The molecule has 1 aromatic carbocycles. The molecule has 2 rings (SSSR count). The molecule has 0 bridgehead atoms. The quantitative estimate of drug-likeness (QED) is 0.627. The van der Waals surface area contributed by atoms with Crippen LogP contribution in [-0.4, -0.2) is 21.5 Å². The predicted molar refractivity (Wildman–Crippen MR) is 62.8 cm³/mol. The molecule has 1 fully saturated rings. The van der Waals surface area contributed by atoms with Crippen molar-refractivity contribution < 1.29 is 17.9 Å². The van der Waals surface area contributed by atoms with E-state index in [-0.39, 0.29) is 16.4 Å². The second kappa shape index (κ2) is 4.31. The van der Waals surface area contributed by atoms with Gasteiger partial charge in [-0.2, -0.15) is 0 Å². The Morgan fingerprint density at radius 2 is 2.06 bits per heavy atom. The number of ether oxygens (including phenoxy) is 1. The van der Waals surface area contributed by atoms with Gasteiger partial charge in [-0.1, -0.05) is 6.07 Å².